The van der Waals surface area contributed by atoms with E-state index < -0.39 is 0 Å². The summed E-state index contributed by atoms with van der Waals surface area (Å²) in [5.74, 6) is -0.509. The van der Waals surface area contributed by atoms with Crippen LogP contribution < -0.4 is 0 Å². The molecule has 0 fully saturated rings. The number of hydrogen-bond acceptors (Lipinski definition) is 4. The van der Waals surface area contributed by atoms with E-state index in [1.165, 1.54) is 19.3 Å². The first-order valence-electron chi connectivity index (χ1n) is 9.17. The largest absolute Gasteiger partial charge is 0.466 e. The van der Waals surface area contributed by atoms with Gasteiger partial charge in [0.05, 0.1) is 13.2 Å². The quantitative estimate of drug-likeness (QED) is 0.358. The van der Waals surface area contributed by atoms with E-state index in [0.29, 0.717) is 31.1 Å². The van der Waals surface area contributed by atoms with Crippen molar-refractivity contribution in [3.05, 3.63) is 34.9 Å². The molecule has 0 bridgehead atoms. The van der Waals surface area contributed by atoms with Crippen LogP contribution in [0.5, 0.6) is 0 Å². The molecule has 1 rings (SSSR count). The number of hydrogen-bond donors (Lipinski definition) is 0. The van der Waals surface area contributed by atoms with Gasteiger partial charge in [-0.3, -0.25) is 9.59 Å². The fraction of sp³-hybridized carbons (Fsp3) is 0.600. The number of carbonyl (C=O) groups is 2. The van der Waals surface area contributed by atoms with Gasteiger partial charge < -0.3 is 9.47 Å². The summed E-state index contributed by atoms with van der Waals surface area (Å²) in [4.78, 5) is 23.2. The van der Waals surface area contributed by atoms with Crippen molar-refractivity contribution >= 4 is 23.5 Å². The molecule has 0 aliphatic heterocycles. The molecule has 0 amide bonds. The summed E-state index contributed by atoms with van der Waals surface area (Å²) >= 11 is 5.82. The molecule has 1 aromatic carbocycles. The van der Waals surface area contributed by atoms with Gasteiger partial charge in [0.15, 0.2) is 0 Å². The molecule has 0 radical (unpaired) electrons. The molecule has 0 N–H and O–H groups in total. The lowest BCUT2D eigenvalue weighted by atomic mass is 10.2. The number of ether oxygens (including phenoxy) is 2. The Morgan fingerprint density at radius 1 is 0.840 bits per heavy atom. The number of rotatable bonds is 13. The maximum atomic E-state index is 11.6. The lowest BCUT2D eigenvalue weighted by Gasteiger charge is -2.06. The third-order valence-electron chi connectivity index (χ3n) is 3.84. The summed E-state index contributed by atoms with van der Waals surface area (Å²) in [7, 11) is 0. The van der Waals surface area contributed by atoms with Crippen molar-refractivity contribution in [2.24, 2.45) is 0 Å². The third kappa shape index (κ3) is 11.6. The zero-order valence-electron chi connectivity index (χ0n) is 15.1. The van der Waals surface area contributed by atoms with Gasteiger partial charge in [0.25, 0.3) is 0 Å². The average molecular weight is 369 g/mol. The fourth-order valence-corrected chi connectivity index (χ4v) is 2.47. The van der Waals surface area contributed by atoms with E-state index in [4.69, 9.17) is 21.1 Å². The van der Waals surface area contributed by atoms with Crippen LogP contribution in [0.25, 0.3) is 0 Å². The van der Waals surface area contributed by atoms with Crippen LogP contribution in [0.3, 0.4) is 0 Å². The van der Waals surface area contributed by atoms with Crippen LogP contribution >= 0.6 is 11.6 Å². The first kappa shape index (κ1) is 21.5. The highest BCUT2D eigenvalue weighted by Gasteiger charge is 2.07. The molecule has 140 valence electrons. The zero-order chi connectivity index (χ0) is 18.3. The van der Waals surface area contributed by atoms with Gasteiger partial charge in [-0.15, -0.1) is 0 Å². The lowest BCUT2D eigenvalue weighted by molar-refractivity contribution is -0.145. The predicted octanol–water partition coefficient (Wildman–Crippen LogP) is 5.11. The standard InChI is InChI=1S/C20H29ClO4/c1-2-3-4-5-6-15-24-19(22)8-7-9-20(23)25-16-14-17-10-12-18(21)13-11-17/h10-13H,2-9,14-16H2,1H3. The van der Waals surface area contributed by atoms with Crippen molar-refractivity contribution in [1.29, 1.82) is 0 Å². The molecule has 25 heavy (non-hydrogen) atoms. The lowest BCUT2D eigenvalue weighted by Crippen LogP contribution is -2.10. The van der Waals surface area contributed by atoms with Gasteiger partial charge in [0.1, 0.15) is 0 Å². The number of benzene rings is 1. The highest BCUT2D eigenvalue weighted by Crippen LogP contribution is 2.10. The fourth-order valence-electron chi connectivity index (χ4n) is 2.35. The van der Waals surface area contributed by atoms with Gasteiger partial charge >= 0.3 is 11.9 Å². The van der Waals surface area contributed by atoms with Gasteiger partial charge in [-0.25, -0.2) is 0 Å². The number of halogens is 1. The van der Waals surface area contributed by atoms with Crippen LogP contribution in [-0.2, 0) is 25.5 Å². The Morgan fingerprint density at radius 3 is 2.08 bits per heavy atom. The number of carbonyl (C=O) groups excluding carboxylic acids is 2. The Labute approximate surface area is 155 Å². The summed E-state index contributed by atoms with van der Waals surface area (Å²) in [5, 5.41) is 0.689. The number of esters is 2. The summed E-state index contributed by atoms with van der Waals surface area (Å²) in [6.07, 6.45) is 7.27. The Kier molecular flexibility index (Phi) is 11.8. The van der Waals surface area contributed by atoms with Gasteiger partial charge in [0.2, 0.25) is 0 Å². The van der Waals surface area contributed by atoms with Crippen molar-refractivity contribution < 1.29 is 19.1 Å². The van der Waals surface area contributed by atoms with Crippen LogP contribution in [0.2, 0.25) is 5.02 Å². The van der Waals surface area contributed by atoms with E-state index in [0.717, 1.165) is 18.4 Å². The van der Waals surface area contributed by atoms with Crippen molar-refractivity contribution in [1.82, 2.24) is 0 Å². The van der Waals surface area contributed by atoms with Crippen LogP contribution in [0.15, 0.2) is 24.3 Å². The van der Waals surface area contributed by atoms with E-state index in [-0.39, 0.29) is 24.8 Å². The molecule has 0 aliphatic rings. The van der Waals surface area contributed by atoms with Crippen molar-refractivity contribution in [2.75, 3.05) is 13.2 Å². The Hall–Kier alpha value is -1.55. The van der Waals surface area contributed by atoms with E-state index in [9.17, 15) is 9.59 Å². The molecule has 0 atom stereocenters. The van der Waals surface area contributed by atoms with Crippen LogP contribution in [0.4, 0.5) is 0 Å². The van der Waals surface area contributed by atoms with Crippen molar-refractivity contribution in [3.63, 3.8) is 0 Å². The topological polar surface area (TPSA) is 52.6 Å². The molecule has 0 aromatic heterocycles. The maximum absolute atomic E-state index is 11.6. The minimum absolute atomic E-state index is 0.232. The first-order valence-corrected chi connectivity index (χ1v) is 9.55. The first-order chi connectivity index (χ1) is 12.1. The molecule has 4 nitrogen and oxygen atoms in total. The molecule has 0 saturated carbocycles. The van der Waals surface area contributed by atoms with E-state index in [1.54, 1.807) is 0 Å². The molecule has 1 aromatic rings. The Bertz CT molecular complexity index is 499. The summed E-state index contributed by atoms with van der Waals surface area (Å²) in [6.45, 7) is 2.99. The molecule has 0 aliphatic carbocycles. The Morgan fingerprint density at radius 2 is 1.44 bits per heavy atom. The van der Waals surface area contributed by atoms with E-state index >= 15 is 0 Å². The Balaban J connectivity index is 1.98. The molecular formula is C20H29ClO4. The summed E-state index contributed by atoms with van der Waals surface area (Å²) < 4.78 is 10.3. The minimum Gasteiger partial charge on any atom is -0.466 e. The normalized spacial score (nSPS) is 10.5. The molecule has 5 heteroatoms. The van der Waals surface area contributed by atoms with Crippen LogP contribution in [0.1, 0.15) is 63.9 Å². The SMILES string of the molecule is CCCCCCCOC(=O)CCCC(=O)OCCc1ccc(Cl)cc1. The van der Waals surface area contributed by atoms with Gasteiger partial charge in [-0.2, -0.15) is 0 Å². The second-order valence-electron chi connectivity index (χ2n) is 6.09. The van der Waals surface area contributed by atoms with Crippen molar-refractivity contribution in [3.8, 4) is 0 Å². The highest BCUT2D eigenvalue weighted by atomic mass is 35.5. The van der Waals surface area contributed by atoms with Crippen molar-refractivity contribution in [2.45, 2.75) is 64.7 Å². The molecule has 0 spiro atoms. The monoisotopic (exact) mass is 368 g/mol. The molecule has 0 saturated heterocycles. The highest BCUT2D eigenvalue weighted by molar-refractivity contribution is 6.30. The zero-order valence-corrected chi connectivity index (χ0v) is 15.9. The number of unbranched alkanes of at least 4 members (excludes halogenated alkanes) is 4. The molecule has 0 unspecified atom stereocenters. The maximum Gasteiger partial charge on any atom is 0.305 e. The third-order valence-corrected chi connectivity index (χ3v) is 4.09. The van der Waals surface area contributed by atoms with Crippen LogP contribution in [-0.4, -0.2) is 25.2 Å². The average Bonchev–Trinajstić information content (AvgIpc) is 2.60. The van der Waals surface area contributed by atoms with E-state index in [2.05, 4.69) is 6.92 Å². The van der Waals surface area contributed by atoms with Gasteiger partial charge in [0, 0.05) is 24.3 Å². The predicted molar refractivity (Wildman–Crippen MR) is 99.7 cm³/mol. The van der Waals surface area contributed by atoms with E-state index in [1.807, 2.05) is 24.3 Å². The summed E-state index contributed by atoms with van der Waals surface area (Å²) in [5.41, 5.74) is 1.07. The van der Waals surface area contributed by atoms with Gasteiger partial charge in [-0.1, -0.05) is 56.3 Å². The van der Waals surface area contributed by atoms with Gasteiger partial charge in [-0.05, 0) is 30.5 Å². The second kappa shape index (κ2) is 13.7. The molecule has 0 heterocycles. The molecular weight excluding hydrogens is 340 g/mol. The summed E-state index contributed by atoms with van der Waals surface area (Å²) in [6, 6.07) is 7.45. The second-order valence-corrected chi connectivity index (χ2v) is 6.52. The minimum atomic E-state index is -0.277. The smallest absolute Gasteiger partial charge is 0.305 e. The van der Waals surface area contributed by atoms with Crippen LogP contribution in [0, 0.1) is 0 Å².